The summed E-state index contributed by atoms with van der Waals surface area (Å²) in [6.45, 7) is 0.511. The summed E-state index contributed by atoms with van der Waals surface area (Å²) in [4.78, 5) is 1.92. The fourth-order valence-corrected chi connectivity index (χ4v) is 2.53. The average molecular weight is 281 g/mol. The Labute approximate surface area is 123 Å². The molecule has 0 aliphatic rings. The Morgan fingerprint density at radius 1 is 1.00 bits per heavy atom. The molecule has 3 heteroatoms. The molecule has 0 aliphatic carbocycles. The highest BCUT2D eigenvalue weighted by Gasteiger charge is 2.10. The summed E-state index contributed by atoms with van der Waals surface area (Å²) in [5.41, 5.74) is 1.63. The number of benzene rings is 3. The highest BCUT2D eigenvalue weighted by molar-refractivity contribution is 5.87. The first kappa shape index (κ1) is 13.4. The zero-order valence-corrected chi connectivity index (χ0v) is 11.8. The Hall–Kier alpha value is -2.55. The zero-order chi connectivity index (χ0) is 14.8. The van der Waals surface area contributed by atoms with Gasteiger partial charge in [-0.05, 0) is 35.0 Å². The van der Waals surface area contributed by atoms with Gasteiger partial charge in [0.2, 0.25) is 0 Å². The number of fused-ring (bicyclic) bond motifs is 1. The molecule has 3 aromatic rings. The number of rotatable bonds is 3. The maximum absolute atomic E-state index is 13.3. The first-order chi connectivity index (χ1) is 10.1. The lowest BCUT2D eigenvalue weighted by molar-refractivity contribution is 0.469. The first-order valence-corrected chi connectivity index (χ1v) is 6.81. The topological polar surface area (TPSA) is 23.5 Å². The number of phenolic OH excluding ortho intramolecular Hbond substituents is 1. The molecule has 0 bridgehead atoms. The van der Waals surface area contributed by atoms with Gasteiger partial charge in [0.05, 0.1) is 0 Å². The molecule has 0 saturated heterocycles. The van der Waals surface area contributed by atoms with Crippen LogP contribution in [0.15, 0.2) is 60.7 Å². The standard InChI is InChI=1S/C18H16FNO/c1-20(15-7-4-6-14(19)11-15)12-17-16-8-3-2-5-13(16)9-10-18(17)21/h2-11,21H,12H2,1H3. The normalized spacial score (nSPS) is 10.8. The predicted octanol–water partition coefficient (Wildman–Crippen LogP) is 4.32. The minimum atomic E-state index is -0.263. The molecule has 1 N–H and O–H groups in total. The summed E-state index contributed by atoms with van der Waals surface area (Å²) in [5.74, 6) is -0.00144. The van der Waals surface area contributed by atoms with E-state index < -0.39 is 0 Å². The van der Waals surface area contributed by atoms with Crippen molar-refractivity contribution in [2.45, 2.75) is 6.54 Å². The molecule has 106 valence electrons. The van der Waals surface area contributed by atoms with Gasteiger partial charge in [-0.3, -0.25) is 0 Å². The summed E-state index contributed by atoms with van der Waals surface area (Å²) in [7, 11) is 1.88. The number of aromatic hydroxyl groups is 1. The van der Waals surface area contributed by atoms with Crippen LogP contribution in [-0.2, 0) is 6.54 Å². The molecule has 0 amide bonds. The second-order valence-corrected chi connectivity index (χ2v) is 5.12. The molecule has 21 heavy (non-hydrogen) atoms. The Balaban J connectivity index is 1.99. The van der Waals surface area contributed by atoms with Crippen molar-refractivity contribution in [2.24, 2.45) is 0 Å². The summed E-state index contributed by atoms with van der Waals surface area (Å²) in [6.07, 6.45) is 0. The van der Waals surface area contributed by atoms with Gasteiger partial charge in [-0.25, -0.2) is 4.39 Å². The van der Waals surface area contributed by atoms with E-state index in [1.807, 2.05) is 48.3 Å². The Morgan fingerprint density at radius 3 is 2.62 bits per heavy atom. The van der Waals surface area contributed by atoms with Crippen LogP contribution in [0.5, 0.6) is 5.75 Å². The van der Waals surface area contributed by atoms with Gasteiger partial charge in [-0.1, -0.05) is 36.4 Å². The van der Waals surface area contributed by atoms with Crippen molar-refractivity contribution in [1.29, 1.82) is 0 Å². The third kappa shape index (κ3) is 2.68. The van der Waals surface area contributed by atoms with Gasteiger partial charge in [-0.2, -0.15) is 0 Å². The van der Waals surface area contributed by atoms with E-state index in [2.05, 4.69) is 0 Å². The number of anilines is 1. The second kappa shape index (κ2) is 5.44. The van der Waals surface area contributed by atoms with Crippen molar-refractivity contribution in [3.63, 3.8) is 0 Å². The molecule has 0 unspecified atom stereocenters. The fraction of sp³-hybridized carbons (Fsp3) is 0.111. The van der Waals surface area contributed by atoms with Crippen LogP contribution in [0.1, 0.15) is 5.56 Å². The Kier molecular flexibility index (Phi) is 3.48. The van der Waals surface area contributed by atoms with Crippen molar-refractivity contribution in [1.82, 2.24) is 0 Å². The van der Waals surface area contributed by atoms with Gasteiger partial charge >= 0.3 is 0 Å². The van der Waals surface area contributed by atoms with Crippen molar-refractivity contribution >= 4 is 16.5 Å². The highest BCUT2D eigenvalue weighted by Crippen LogP contribution is 2.29. The van der Waals surface area contributed by atoms with Gasteiger partial charge < -0.3 is 10.0 Å². The van der Waals surface area contributed by atoms with E-state index in [9.17, 15) is 9.50 Å². The number of hydrogen-bond acceptors (Lipinski definition) is 2. The van der Waals surface area contributed by atoms with E-state index in [1.165, 1.54) is 12.1 Å². The predicted molar refractivity (Wildman–Crippen MR) is 84.1 cm³/mol. The lowest BCUT2D eigenvalue weighted by Gasteiger charge is -2.21. The van der Waals surface area contributed by atoms with Crippen LogP contribution in [-0.4, -0.2) is 12.2 Å². The Bertz CT molecular complexity index is 785. The third-order valence-electron chi connectivity index (χ3n) is 3.66. The van der Waals surface area contributed by atoms with Gasteiger partial charge in [-0.15, -0.1) is 0 Å². The summed E-state index contributed by atoms with van der Waals surface area (Å²) in [6, 6.07) is 18.0. The fourth-order valence-electron chi connectivity index (χ4n) is 2.53. The first-order valence-electron chi connectivity index (χ1n) is 6.81. The summed E-state index contributed by atoms with van der Waals surface area (Å²) < 4.78 is 13.3. The van der Waals surface area contributed by atoms with Gasteiger partial charge in [0.1, 0.15) is 11.6 Å². The molecule has 0 aliphatic heterocycles. The minimum absolute atomic E-state index is 0.261. The minimum Gasteiger partial charge on any atom is -0.508 e. The lowest BCUT2D eigenvalue weighted by Crippen LogP contribution is -2.16. The summed E-state index contributed by atoms with van der Waals surface area (Å²) in [5, 5.41) is 12.3. The zero-order valence-electron chi connectivity index (χ0n) is 11.8. The Morgan fingerprint density at radius 2 is 1.81 bits per heavy atom. The van der Waals surface area contributed by atoms with Crippen LogP contribution in [0.3, 0.4) is 0 Å². The molecule has 3 aromatic carbocycles. The maximum atomic E-state index is 13.3. The van der Waals surface area contributed by atoms with E-state index >= 15 is 0 Å². The molecule has 0 atom stereocenters. The van der Waals surface area contributed by atoms with Crippen LogP contribution in [0.25, 0.3) is 10.8 Å². The molecular weight excluding hydrogens is 265 g/mol. The van der Waals surface area contributed by atoms with Crippen molar-refractivity contribution in [2.75, 3.05) is 11.9 Å². The van der Waals surface area contributed by atoms with E-state index in [0.717, 1.165) is 22.0 Å². The number of nitrogens with zero attached hydrogens (tertiary/aromatic N) is 1. The van der Waals surface area contributed by atoms with Crippen LogP contribution in [0, 0.1) is 5.82 Å². The molecule has 0 saturated carbocycles. The number of hydrogen-bond donors (Lipinski definition) is 1. The van der Waals surface area contributed by atoms with Crippen LogP contribution < -0.4 is 4.90 Å². The van der Waals surface area contributed by atoms with Crippen LogP contribution in [0.4, 0.5) is 10.1 Å². The van der Waals surface area contributed by atoms with Crippen LogP contribution >= 0.6 is 0 Å². The average Bonchev–Trinajstić information content (AvgIpc) is 2.50. The van der Waals surface area contributed by atoms with Crippen molar-refractivity contribution in [3.05, 3.63) is 72.0 Å². The highest BCUT2D eigenvalue weighted by atomic mass is 19.1. The molecule has 0 radical (unpaired) electrons. The molecule has 3 rings (SSSR count). The largest absolute Gasteiger partial charge is 0.508 e. The summed E-state index contributed by atoms with van der Waals surface area (Å²) >= 11 is 0. The van der Waals surface area contributed by atoms with E-state index in [0.29, 0.717) is 6.54 Å². The van der Waals surface area contributed by atoms with E-state index in [1.54, 1.807) is 12.1 Å². The third-order valence-corrected chi connectivity index (χ3v) is 3.66. The molecular formula is C18H16FNO. The van der Waals surface area contributed by atoms with Gasteiger partial charge in [0, 0.05) is 24.8 Å². The van der Waals surface area contributed by atoms with Crippen molar-refractivity contribution < 1.29 is 9.50 Å². The number of halogens is 1. The molecule has 0 heterocycles. The lowest BCUT2D eigenvalue weighted by atomic mass is 10.0. The van der Waals surface area contributed by atoms with Gasteiger partial charge in [0.25, 0.3) is 0 Å². The molecule has 0 aromatic heterocycles. The van der Waals surface area contributed by atoms with Crippen LogP contribution in [0.2, 0.25) is 0 Å². The quantitative estimate of drug-likeness (QED) is 0.772. The second-order valence-electron chi connectivity index (χ2n) is 5.12. The molecule has 0 fully saturated rings. The monoisotopic (exact) mass is 281 g/mol. The molecule has 0 spiro atoms. The van der Waals surface area contributed by atoms with Gasteiger partial charge in [0.15, 0.2) is 0 Å². The SMILES string of the molecule is CN(Cc1c(O)ccc2ccccc12)c1cccc(F)c1. The van der Waals surface area contributed by atoms with Crippen molar-refractivity contribution in [3.8, 4) is 5.75 Å². The maximum Gasteiger partial charge on any atom is 0.125 e. The number of phenols is 1. The molecule has 2 nitrogen and oxygen atoms in total. The smallest absolute Gasteiger partial charge is 0.125 e. The van der Waals surface area contributed by atoms with E-state index in [4.69, 9.17) is 0 Å². The van der Waals surface area contributed by atoms with E-state index in [-0.39, 0.29) is 11.6 Å².